The fourth-order valence-corrected chi connectivity index (χ4v) is 4.44. The first kappa shape index (κ1) is 26.3. The first-order chi connectivity index (χ1) is 16.7. The molecule has 0 saturated heterocycles. The highest BCUT2D eigenvalue weighted by Gasteiger charge is 2.26. The van der Waals surface area contributed by atoms with E-state index in [0.29, 0.717) is 28.8 Å². The Labute approximate surface area is 210 Å². The Morgan fingerprint density at radius 1 is 1.09 bits per heavy atom. The van der Waals surface area contributed by atoms with Crippen LogP contribution in [-0.2, 0) is 11.3 Å². The third kappa shape index (κ3) is 6.42. The fraction of sp³-hybridized carbons (Fsp3) is 0.385. The Morgan fingerprint density at radius 3 is 2.43 bits per heavy atom. The molecule has 0 spiro atoms. The van der Waals surface area contributed by atoms with Crippen molar-refractivity contribution in [1.82, 2.24) is 20.1 Å². The Morgan fingerprint density at radius 2 is 1.80 bits per heavy atom. The smallest absolute Gasteiger partial charge is 0.251 e. The van der Waals surface area contributed by atoms with Gasteiger partial charge >= 0.3 is 0 Å². The van der Waals surface area contributed by atoms with E-state index < -0.39 is 0 Å². The van der Waals surface area contributed by atoms with Gasteiger partial charge in [0.15, 0.2) is 11.0 Å². The molecule has 0 bridgehead atoms. The number of nitrogens with one attached hydrogen (secondary N) is 2. The van der Waals surface area contributed by atoms with Gasteiger partial charge in [-0.2, -0.15) is 0 Å². The topological polar surface area (TPSA) is 98.1 Å². The van der Waals surface area contributed by atoms with E-state index in [2.05, 4.69) is 20.8 Å². The van der Waals surface area contributed by atoms with E-state index in [1.807, 2.05) is 57.4 Å². The summed E-state index contributed by atoms with van der Waals surface area (Å²) in [5.74, 6) is 1.34. The lowest BCUT2D eigenvalue weighted by molar-refractivity contribution is -0.113. The zero-order chi connectivity index (χ0) is 25.5. The Hall–Kier alpha value is -3.33. The lowest BCUT2D eigenvalue weighted by Gasteiger charge is -2.22. The number of thioether (sulfide) groups is 1. The van der Waals surface area contributed by atoms with Crippen LogP contribution in [-0.4, -0.2) is 39.4 Å². The Bertz CT molecular complexity index is 1170. The highest BCUT2D eigenvalue weighted by molar-refractivity contribution is 7.99. The second-order valence-corrected chi connectivity index (χ2v) is 9.54. The van der Waals surface area contributed by atoms with Crippen LogP contribution in [0.15, 0.2) is 47.6 Å². The normalized spacial score (nSPS) is 11.9. The second kappa shape index (κ2) is 11.9. The molecule has 3 rings (SSSR count). The average molecular weight is 496 g/mol. The predicted molar refractivity (Wildman–Crippen MR) is 139 cm³/mol. The molecule has 0 aliphatic heterocycles. The highest BCUT2D eigenvalue weighted by atomic mass is 32.2. The van der Waals surface area contributed by atoms with Gasteiger partial charge in [0.05, 0.1) is 18.9 Å². The van der Waals surface area contributed by atoms with E-state index in [4.69, 9.17) is 4.74 Å². The van der Waals surface area contributed by atoms with Crippen LogP contribution in [0.25, 0.3) is 0 Å². The third-order valence-corrected chi connectivity index (χ3v) is 6.82. The number of amides is 2. The summed E-state index contributed by atoms with van der Waals surface area (Å²) in [4.78, 5) is 25.5. The van der Waals surface area contributed by atoms with Crippen molar-refractivity contribution in [2.24, 2.45) is 5.92 Å². The zero-order valence-electron chi connectivity index (χ0n) is 21.1. The standard InChI is InChI=1S/C26H33N5O3S/c1-7-31-24(23(16(2)3)28-25(33)19-11-13-20(34-6)14-12-19)29-30-26(31)35-15-22(32)27-21-10-8-9-17(4)18(21)5/h8-14,16,23H,7,15H2,1-6H3,(H,27,32)(H,28,33)/t23-/m0/s1. The molecule has 8 nitrogen and oxygen atoms in total. The van der Waals surface area contributed by atoms with Gasteiger partial charge in [-0.25, -0.2) is 0 Å². The van der Waals surface area contributed by atoms with Gasteiger partial charge in [-0.1, -0.05) is 37.7 Å². The molecule has 1 atom stereocenters. The number of aryl methyl sites for hydroxylation is 1. The van der Waals surface area contributed by atoms with E-state index in [1.54, 1.807) is 31.4 Å². The zero-order valence-corrected chi connectivity index (χ0v) is 21.9. The predicted octanol–water partition coefficient (Wildman–Crippen LogP) is 4.78. The van der Waals surface area contributed by atoms with Crippen LogP contribution in [0.4, 0.5) is 5.69 Å². The van der Waals surface area contributed by atoms with E-state index in [9.17, 15) is 9.59 Å². The molecular weight excluding hydrogens is 462 g/mol. The number of nitrogens with zero attached hydrogens (tertiary/aromatic N) is 3. The minimum Gasteiger partial charge on any atom is -0.497 e. The van der Waals surface area contributed by atoms with Crippen LogP contribution in [0, 0.1) is 19.8 Å². The minimum absolute atomic E-state index is 0.0807. The summed E-state index contributed by atoms with van der Waals surface area (Å²) in [7, 11) is 1.59. The summed E-state index contributed by atoms with van der Waals surface area (Å²) in [6.45, 7) is 10.7. The van der Waals surface area contributed by atoms with E-state index >= 15 is 0 Å². The van der Waals surface area contributed by atoms with Crippen molar-refractivity contribution in [3.05, 3.63) is 65.0 Å². The third-order valence-electron chi connectivity index (χ3n) is 5.86. The first-order valence-electron chi connectivity index (χ1n) is 11.6. The highest BCUT2D eigenvalue weighted by Crippen LogP contribution is 2.26. The molecule has 0 aliphatic rings. The fourth-order valence-electron chi connectivity index (χ4n) is 3.63. The van der Waals surface area contributed by atoms with Gasteiger partial charge < -0.3 is 19.9 Å². The van der Waals surface area contributed by atoms with Crippen molar-refractivity contribution in [2.75, 3.05) is 18.2 Å². The largest absolute Gasteiger partial charge is 0.497 e. The summed E-state index contributed by atoms with van der Waals surface area (Å²) < 4.78 is 7.12. The van der Waals surface area contributed by atoms with E-state index in [0.717, 1.165) is 16.8 Å². The molecule has 2 aromatic carbocycles. The quantitative estimate of drug-likeness (QED) is 0.393. The summed E-state index contributed by atoms with van der Waals surface area (Å²) in [6, 6.07) is 12.5. The summed E-state index contributed by atoms with van der Waals surface area (Å²) >= 11 is 1.33. The number of ether oxygens (including phenoxy) is 1. The molecule has 186 valence electrons. The van der Waals surface area contributed by atoms with Gasteiger partial charge in [0.1, 0.15) is 5.75 Å². The monoisotopic (exact) mass is 495 g/mol. The number of carbonyl (C=O) groups excluding carboxylic acids is 2. The van der Waals surface area contributed by atoms with Gasteiger partial charge in [-0.15, -0.1) is 10.2 Å². The number of carbonyl (C=O) groups is 2. The van der Waals surface area contributed by atoms with Crippen LogP contribution in [0.1, 0.15) is 54.1 Å². The van der Waals surface area contributed by atoms with Crippen LogP contribution in [0.2, 0.25) is 0 Å². The molecule has 0 saturated carbocycles. The maximum Gasteiger partial charge on any atom is 0.251 e. The number of rotatable bonds is 10. The van der Waals surface area contributed by atoms with Crippen molar-refractivity contribution in [1.29, 1.82) is 0 Å². The second-order valence-electron chi connectivity index (χ2n) is 8.59. The molecule has 3 aromatic rings. The van der Waals surface area contributed by atoms with E-state index in [1.165, 1.54) is 11.8 Å². The number of aromatic nitrogens is 3. The molecule has 2 amide bonds. The van der Waals surface area contributed by atoms with Crippen LogP contribution in [0.3, 0.4) is 0 Å². The van der Waals surface area contributed by atoms with Gasteiger partial charge in [0, 0.05) is 17.8 Å². The molecule has 1 aromatic heterocycles. The van der Waals surface area contributed by atoms with Crippen molar-refractivity contribution in [3.8, 4) is 5.75 Å². The lowest BCUT2D eigenvalue weighted by atomic mass is 10.0. The van der Waals surface area contributed by atoms with Crippen molar-refractivity contribution in [2.45, 2.75) is 52.4 Å². The maximum absolute atomic E-state index is 12.9. The first-order valence-corrected chi connectivity index (χ1v) is 12.6. The summed E-state index contributed by atoms with van der Waals surface area (Å²) in [5.41, 5.74) is 3.53. The van der Waals surface area contributed by atoms with E-state index in [-0.39, 0.29) is 29.5 Å². The van der Waals surface area contributed by atoms with Gasteiger partial charge in [-0.05, 0) is 68.1 Å². The number of anilines is 1. The molecule has 0 unspecified atom stereocenters. The summed E-state index contributed by atoms with van der Waals surface area (Å²) in [5, 5.41) is 15.4. The molecule has 9 heteroatoms. The molecule has 2 N–H and O–H groups in total. The molecule has 0 radical (unpaired) electrons. The maximum atomic E-state index is 12.9. The Kier molecular flexibility index (Phi) is 8.92. The Balaban J connectivity index is 1.71. The van der Waals surface area contributed by atoms with Crippen molar-refractivity contribution in [3.63, 3.8) is 0 Å². The summed E-state index contributed by atoms with van der Waals surface area (Å²) in [6.07, 6.45) is 0. The van der Waals surface area contributed by atoms with Crippen molar-refractivity contribution >= 4 is 29.3 Å². The number of methoxy groups -OCH3 is 1. The molecule has 0 fully saturated rings. The average Bonchev–Trinajstić information content (AvgIpc) is 3.26. The van der Waals surface area contributed by atoms with Crippen LogP contribution >= 0.6 is 11.8 Å². The van der Waals surface area contributed by atoms with Gasteiger partial charge in [0.25, 0.3) is 5.91 Å². The van der Waals surface area contributed by atoms with Crippen LogP contribution < -0.4 is 15.4 Å². The van der Waals surface area contributed by atoms with Gasteiger partial charge in [-0.3, -0.25) is 9.59 Å². The SMILES string of the molecule is CCn1c(SCC(=O)Nc2cccc(C)c2C)nnc1[C@@H](NC(=O)c1ccc(OC)cc1)C(C)C. The minimum atomic E-state index is -0.338. The number of hydrogen-bond donors (Lipinski definition) is 2. The van der Waals surface area contributed by atoms with Crippen molar-refractivity contribution < 1.29 is 14.3 Å². The lowest BCUT2D eigenvalue weighted by Crippen LogP contribution is -2.33. The molecule has 35 heavy (non-hydrogen) atoms. The number of hydrogen-bond acceptors (Lipinski definition) is 6. The van der Waals surface area contributed by atoms with Gasteiger partial charge in [0.2, 0.25) is 5.91 Å². The van der Waals surface area contributed by atoms with Crippen LogP contribution in [0.5, 0.6) is 5.75 Å². The molecular formula is C26H33N5O3S. The molecule has 1 heterocycles. The number of benzene rings is 2. The molecule has 0 aliphatic carbocycles.